The fourth-order valence-corrected chi connectivity index (χ4v) is 4.43. The van der Waals surface area contributed by atoms with Gasteiger partial charge in [0.25, 0.3) is 0 Å². The van der Waals surface area contributed by atoms with Crippen LogP contribution in [0, 0.1) is 27.7 Å². The van der Waals surface area contributed by atoms with Crippen LogP contribution in [0.1, 0.15) is 53.8 Å². The van der Waals surface area contributed by atoms with Crippen molar-refractivity contribution in [2.24, 2.45) is 0 Å². The predicted molar refractivity (Wildman–Crippen MR) is 128 cm³/mol. The van der Waals surface area contributed by atoms with E-state index in [1.807, 2.05) is 62.7 Å². The van der Waals surface area contributed by atoms with Crippen molar-refractivity contribution in [1.82, 2.24) is 20.0 Å². The molecule has 1 saturated heterocycles. The van der Waals surface area contributed by atoms with Crippen LogP contribution in [0.15, 0.2) is 30.3 Å². The highest BCUT2D eigenvalue weighted by Crippen LogP contribution is 2.22. The number of rotatable bonds is 6. The van der Waals surface area contributed by atoms with E-state index in [1.54, 1.807) is 0 Å². The lowest BCUT2D eigenvalue weighted by atomic mass is 10.1. The van der Waals surface area contributed by atoms with Crippen molar-refractivity contribution in [1.29, 1.82) is 0 Å². The molecule has 1 amide bonds. The molecule has 32 heavy (non-hydrogen) atoms. The standard InChI is InChI=1S/C25H32N6O/c1-17-9-8-10-18(2)25(17)26-24(32)14-11-21-19(3)29-31(20(21)4)23-13-12-22(27-28-23)30-15-6-5-7-16-30/h8-10,12-13H,5-7,11,14-16H2,1-4H3,(H,26,32). The largest absolute Gasteiger partial charge is 0.355 e. The molecule has 7 nitrogen and oxygen atoms in total. The molecule has 4 rings (SSSR count). The second-order valence-electron chi connectivity index (χ2n) is 8.67. The first-order valence-electron chi connectivity index (χ1n) is 11.4. The Hall–Kier alpha value is -3.22. The lowest BCUT2D eigenvalue weighted by Gasteiger charge is -2.27. The van der Waals surface area contributed by atoms with Crippen LogP contribution in [0.3, 0.4) is 0 Å². The Morgan fingerprint density at radius 3 is 2.25 bits per heavy atom. The van der Waals surface area contributed by atoms with Crippen LogP contribution in [0.5, 0.6) is 0 Å². The Balaban J connectivity index is 1.44. The van der Waals surface area contributed by atoms with Gasteiger partial charge < -0.3 is 10.2 Å². The molecule has 0 radical (unpaired) electrons. The predicted octanol–water partition coefficient (Wildman–Crippen LogP) is 4.46. The van der Waals surface area contributed by atoms with Gasteiger partial charge in [-0.3, -0.25) is 4.79 Å². The molecule has 0 spiro atoms. The molecule has 0 atom stereocenters. The molecule has 1 N–H and O–H groups in total. The van der Waals surface area contributed by atoms with Crippen molar-refractivity contribution < 1.29 is 4.79 Å². The summed E-state index contributed by atoms with van der Waals surface area (Å²) in [5, 5.41) is 16.6. The van der Waals surface area contributed by atoms with Gasteiger partial charge >= 0.3 is 0 Å². The quantitative estimate of drug-likeness (QED) is 0.622. The van der Waals surface area contributed by atoms with Gasteiger partial charge in [-0.1, -0.05) is 18.2 Å². The highest BCUT2D eigenvalue weighted by Gasteiger charge is 2.17. The summed E-state index contributed by atoms with van der Waals surface area (Å²) < 4.78 is 1.83. The van der Waals surface area contributed by atoms with Gasteiger partial charge in [0.1, 0.15) is 0 Å². The third kappa shape index (κ3) is 4.66. The number of nitrogens with one attached hydrogen (secondary N) is 1. The Kier molecular flexibility index (Phi) is 6.53. The minimum atomic E-state index is 0.0135. The van der Waals surface area contributed by atoms with Crippen LogP contribution < -0.4 is 10.2 Å². The van der Waals surface area contributed by atoms with Gasteiger partial charge in [0.15, 0.2) is 11.6 Å². The third-order valence-electron chi connectivity index (χ3n) is 6.32. The van der Waals surface area contributed by atoms with E-state index >= 15 is 0 Å². The van der Waals surface area contributed by atoms with E-state index in [1.165, 1.54) is 19.3 Å². The van der Waals surface area contributed by atoms with Crippen molar-refractivity contribution in [3.63, 3.8) is 0 Å². The van der Waals surface area contributed by atoms with Gasteiger partial charge in [-0.2, -0.15) is 5.10 Å². The fraction of sp³-hybridized carbons (Fsp3) is 0.440. The summed E-state index contributed by atoms with van der Waals surface area (Å²) in [4.78, 5) is 14.9. The summed E-state index contributed by atoms with van der Waals surface area (Å²) in [6.45, 7) is 10.1. The van der Waals surface area contributed by atoms with E-state index in [9.17, 15) is 4.79 Å². The van der Waals surface area contributed by atoms with Crippen molar-refractivity contribution in [2.45, 2.75) is 59.8 Å². The third-order valence-corrected chi connectivity index (χ3v) is 6.32. The minimum absolute atomic E-state index is 0.0135. The maximum atomic E-state index is 12.6. The summed E-state index contributed by atoms with van der Waals surface area (Å²) in [6.07, 6.45) is 4.75. The van der Waals surface area contributed by atoms with Crippen LogP contribution in [-0.4, -0.2) is 39.0 Å². The number of carbonyl (C=O) groups is 1. The average molecular weight is 433 g/mol. The van der Waals surface area contributed by atoms with E-state index in [4.69, 9.17) is 0 Å². The molecule has 1 aliphatic rings. The molecular weight excluding hydrogens is 400 g/mol. The number of aryl methyl sites for hydroxylation is 3. The molecule has 0 aliphatic carbocycles. The summed E-state index contributed by atoms with van der Waals surface area (Å²) in [5.41, 5.74) is 6.07. The normalized spacial score (nSPS) is 13.9. The summed E-state index contributed by atoms with van der Waals surface area (Å²) in [7, 11) is 0. The van der Waals surface area contributed by atoms with Gasteiger partial charge in [-0.25, -0.2) is 4.68 Å². The highest BCUT2D eigenvalue weighted by atomic mass is 16.1. The molecule has 3 heterocycles. The first-order valence-corrected chi connectivity index (χ1v) is 11.4. The summed E-state index contributed by atoms with van der Waals surface area (Å²) in [6, 6.07) is 10.0. The van der Waals surface area contributed by atoms with E-state index in [0.717, 1.165) is 52.7 Å². The molecule has 3 aromatic rings. The number of para-hydroxylation sites is 1. The summed E-state index contributed by atoms with van der Waals surface area (Å²) in [5.74, 6) is 1.65. The lowest BCUT2D eigenvalue weighted by Crippen LogP contribution is -2.30. The van der Waals surface area contributed by atoms with Gasteiger partial charge in [-0.15, -0.1) is 10.2 Å². The minimum Gasteiger partial charge on any atom is -0.355 e. The Labute approximate surface area is 189 Å². The van der Waals surface area contributed by atoms with Crippen molar-refractivity contribution in [3.05, 3.63) is 58.4 Å². The monoisotopic (exact) mass is 432 g/mol. The number of amides is 1. The maximum Gasteiger partial charge on any atom is 0.224 e. The molecule has 2 aromatic heterocycles. The first-order chi connectivity index (χ1) is 15.4. The number of hydrogen-bond acceptors (Lipinski definition) is 5. The Morgan fingerprint density at radius 2 is 1.59 bits per heavy atom. The molecular formula is C25H32N6O. The van der Waals surface area contributed by atoms with Crippen LogP contribution in [0.2, 0.25) is 0 Å². The molecule has 1 fully saturated rings. The Bertz CT molecular complexity index is 1080. The summed E-state index contributed by atoms with van der Waals surface area (Å²) >= 11 is 0. The van der Waals surface area contributed by atoms with E-state index in [-0.39, 0.29) is 5.91 Å². The number of nitrogens with zero attached hydrogens (tertiary/aromatic N) is 5. The van der Waals surface area contributed by atoms with Gasteiger partial charge in [-0.05, 0) is 82.2 Å². The number of piperidine rings is 1. The van der Waals surface area contributed by atoms with Crippen molar-refractivity contribution in [3.8, 4) is 5.82 Å². The molecule has 0 unspecified atom stereocenters. The maximum absolute atomic E-state index is 12.6. The molecule has 1 aromatic carbocycles. The van der Waals surface area contributed by atoms with E-state index < -0.39 is 0 Å². The van der Waals surface area contributed by atoms with Crippen molar-refractivity contribution >= 4 is 17.4 Å². The zero-order chi connectivity index (χ0) is 22.7. The van der Waals surface area contributed by atoms with Crippen molar-refractivity contribution in [2.75, 3.05) is 23.3 Å². The van der Waals surface area contributed by atoms with E-state index in [0.29, 0.717) is 18.7 Å². The number of carbonyl (C=O) groups excluding carboxylic acids is 1. The first kappa shape index (κ1) is 22.0. The molecule has 1 aliphatic heterocycles. The smallest absolute Gasteiger partial charge is 0.224 e. The number of anilines is 2. The van der Waals surface area contributed by atoms with Crippen LogP contribution in [0.25, 0.3) is 5.82 Å². The Morgan fingerprint density at radius 1 is 0.938 bits per heavy atom. The second kappa shape index (κ2) is 9.51. The van der Waals surface area contributed by atoms with Crippen LogP contribution in [-0.2, 0) is 11.2 Å². The topological polar surface area (TPSA) is 75.9 Å². The number of benzene rings is 1. The lowest BCUT2D eigenvalue weighted by molar-refractivity contribution is -0.116. The van der Waals surface area contributed by atoms with Crippen LogP contribution >= 0.6 is 0 Å². The number of aromatic nitrogens is 4. The molecule has 168 valence electrons. The average Bonchev–Trinajstić information content (AvgIpc) is 3.09. The molecule has 0 saturated carbocycles. The molecule has 0 bridgehead atoms. The zero-order valence-corrected chi connectivity index (χ0v) is 19.5. The van der Waals surface area contributed by atoms with Gasteiger partial charge in [0.05, 0.1) is 5.69 Å². The van der Waals surface area contributed by atoms with E-state index in [2.05, 4.69) is 25.5 Å². The van der Waals surface area contributed by atoms with Gasteiger partial charge in [0, 0.05) is 30.9 Å². The number of hydrogen-bond donors (Lipinski definition) is 1. The SMILES string of the molecule is Cc1cccc(C)c1NC(=O)CCc1c(C)nn(-c2ccc(N3CCCCC3)nn2)c1C. The zero-order valence-electron chi connectivity index (χ0n) is 19.5. The van der Waals surface area contributed by atoms with Crippen LogP contribution in [0.4, 0.5) is 11.5 Å². The second-order valence-corrected chi connectivity index (χ2v) is 8.67. The molecule has 7 heteroatoms. The van der Waals surface area contributed by atoms with Gasteiger partial charge in [0.2, 0.25) is 5.91 Å². The fourth-order valence-electron chi connectivity index (χ4n) is 4.43. The highest BCUT2D eigenvalue weighted by molar-refractivity contribution is 5.92.